The van der Waals surface area contributed by atoms with Gasteiger partial charge in [0.15, 0.2) is 6.10 Å². The van der Waals surface area contributed by atoms with Crippen molar-refractivity contribution in [2.45, 2.75) is 72.8 Å². The van der Waals surface area contributed by atoms with E-state index in [1.165, 1.54) is 11.3 Å². The molecule has 1 aromatic carbocycles. The van der Waals surface area contributed by atoms with Crippen molar-refractivity contribution >= 4 is 17.6 Å². The van der Waals surface area contributed by atoms with Gasteiger partial charge < -0.3 is 14.5 Å². The van der Waals surface area contributed by atoms with Crippen molar-refractivity contribution in [3.05, 3.63) is 29.8 Å². The van der Waals surface area contributed by atoms with Crippen LogP contribution in [0.3, 0.4) is 0 Å². The number of carbonyl (C=O) groups is 2. The molecule has 0 aromatic heterocycles. The molecule has 1 aromatic rings. The lowest BCUT2D eigenvalue weighted by molar-refractivity contribution is -0.156. The molecule has 2 saturated heterocycles. The van der Waals surface area contributed by atoms with E-state index in [0.29, 0.717) is 13.1 Å². The summed E-state index contributed by atoms with van der Waals surface area (Å²) in [5.41, 5.74) is 1.50. The third-order valence-corrected chi connectivity index (χ3v) is 7.37. The van der Waals surface area contributed by atoms with Crippen LogP contribution in [-0.2, 0) is 19.7 Å². The second-order valence-electron chi connectivity index (χ2n) is 10.7. The highest BCUT2D eigenvalue weighted by atomic mass is 16.6. The van der Waals surface area contributed by atoms with Gasteiger partial charge in [-0.05, 0) is 30.4 Å². The third-order valence-electron chi connectivity index (χ3n) is 7.37. The van der Waals surface area contributed by atoms with Crippen LogP contribution in [0.25, 0.3) is 0 Å². The number of piperazine rings is 1. The smallest absolute Gasteiger partial charge is 0.313 e. The number of amides is 1. The lowest BCUT2D eigenvalue weighted by Gasteiger charge is -2.41. The number of hydrogen-bond donors (Lipinski definition) is 0. The van der Waals surface area contributed by atoms with Crippen LogP contribution in [0.5, 0.6) is 0 Å². The Morgan fingerprint density at radius 3 is 2.27 bits per heavy atom. The summed E-state index contributed by atoms with van der Waals surface area (Å²) >= 11 is 0. The van der Waals surface area contributed by atoms with E-state index in [1.54, 1.807) is 0 Å². The summed E-state index contributed by atoms with van der Waals surface area (Å²) < 4.78 is 5.69. The minimum Gasteiger partial charge on any atom is -0.451 e. The van der Waals surface area contributed by atoms with E-state index in [-0.39, 0.29) is 17.3 Å². The van der Waals surface area contributed by atoms with Crippen LogP contribution in [0.15, 0.2) is 24.3 Å². The maximum atomic E-state index is 13.4. The zero-order valence-electron chi connectivity index (χ0n) is 19.7. The average molecular weight is 415 g/mol. The maximum absolute atomic E-state index is 13.4. The zero-order chi connectivity index (χ0) is 22.3. The Kier molecular flexibility index (Phi) is 5.96. The molecule has 2 aliphatic heterocycles. The van der Waals surface area contributed by atoms with Gasteiger partial charge in [-0.1, -0.05) is 66.2 Å². The second kappa shape index (κ2) is 7.90. The fraction of sp³-hybridized carbons (Fsp3) is 0.680. The normalized spacial score (nSPS) is 26.6. The van der Waals surface area contributed by atoms with Gasteiger partial charge in [-0.2, -0.15) is 0 Å². The summed E-state index contributed by atoms with van der Waals surface area (Å²) in [5, 5.41) is 0. The fourth-order valence-corrected chi connectivity index (χ4v) is 4.94. The molecule has 1 amide bonds. The topological polar surface area (TPSA) is 49.9 Å². The highest BCUT2D eigenvalue weighted by molar-refractivity contribution is 5.91. The van der Waals surface area contributed by atoms with Crippen molar-refractivity contribution in [1.82, 2.24) is 4.90 Å². The van der Waals surface area contributed by atoms with Crippen molar-refractivity contribution in [1.29, 1.82) is 0 Å². The maximum Gasteiger partial charge on any atom is 0.313 e. The summed E-state index contributed by atoms with van der Waals surface area (Å²) in [7, 11) is 0. The first-order chi connectivity index (χ1) is 13.9. The molecule has 0 bridgehead atoms. The molecule has 0 spiro atoms. The summed E-state index contributed by atoms with van der Waals surface area (Å²) in [4.78, 5) is 30.3. The lowest BCUT2D eigenvalue weighted by Crippen LogP contribution is -2.54. The molecule has 0 N–H and O–H groups in total. The molecule has 3 rings (SSSR count). The highest BCUT2D eigenvalue weighted by Crippen LogP contribution is 2.52. The Hall–Kier alpha value is -2.04. The van der Waals surface area contributed by atoms with Crippen molar-refractivity contribution in [2.24, 2.45) is 10.8 Å². The number of hydrogen-bond acceptors (Lipinski definition) is 4. The first-order valence-electron chi connectivity index (χ1n) is 11.3. The lowest BCUT2D eigenvalue weighted by atomic mass is 9.63. The molecular weight excluding hydrogens is 376 g/mol. The fourth-order valence-electron chi connectivity index (χ4n) is 4.94. The number of anilines is 1. The van der Waals surface area contributed by atoms with Gasteiger partial charge in [-0.3, -0.25) is 9.59 Å². The van der Waals surface area contributed by atoms with E-state index in [4.69, 9.17) is 4.74 Å². The number of ether oxygens (including phenoxy) is 1. The Morgan fingerprint density at radius 1 is 1.10 bits per heavy atom. The number of benzene rings is 1. The van der Waals surface area contributed by atoms with Gasteiger partial charge in [-0.15, -0.1) is 0 Å². The molecule has 0 aliphatic carbocycles. The quantitative estimate of drug-likeness (QED) is 0.686. The first-order valence-corrected chi connectivity index (χ1v) is 11.3. The highest BCUT2D eigenvalue weighted by Gasteiger charge is 2.62. The van der Waals surface area contributed by atoms with Crippen LogP contribution in [0.1, 0.15) is 66.9 Å². The number of cyclic esters (lactones) is 1. The summed E-state index contributed by atoms with van der Waals surface area (Å²) in [6, 6.07) is 8.54. The number of nitrogens with zero attached hydrogens (tertiary/aromatic N) is 2. The van der Waals surface area contributed by atoms with Crippen LogP contribution in [0.4, 0.5) is 5.69 Å². The summed E-state index contributed by atoms with van der Waals surface area (Å²) in [6.07, 6.45) is 0.928. The third kappa shape index (κ3) is 3.72. The minimum absolute atomic E-state index is 0.0445. The average Bonchev–Trinajstić information content (AvgIpc) is 2.87. The molecule has 0 radical (unpaired) electrons. The van der Waals surface area contributed by atoms with Crippen LogP contribution >= 0.6 is 0 Å². The van der Waals surface area contributed by atoms with Crippen molar-refractivity contribution < 1.29 is 14.3 Å². The van der Waals surface area contributed by atoms with Crippen LogP contribution in [0, 0.1) is 10.8 Å². The van der Waals surface area contributed by atoms with Gasteiger partial charge in [-0.25, -0.2) is 0 Å². The minimum atomic E-state index is -0.699. The molecular formula is C25H38N2O3. The predicted octanol–water partition coefficient (Wildman–Crippen LogP) is 4.39. The Balaban J connectivity index is 1.72. The molecule has 5 heteroatoms. The van der Waals surface area contributed by atoms with E-state index in [9.17, 15) is 9.59 Å². The monoisotopic (exact) mass is 414 g/mol. The van der Waals surface area contributed by atoms with Gasteiger partial charge in [0.05, 0.1) is 5.41 Å². The Bertz CT molecular complexity index is 803. The molecule has 2 heterocycles. The van der Waals surface area contributed by atoms with Crippen LogP contribution in [-0.4, -0.2) is 49.1 Å². The van der Waals surface area contributed by atoms with Crippen molar-refractivity contribution in [2.75, 3.05) is 31.1 Å². The molecule has 2 fully saturated rings. The molecule has 0 saturated carbocycles. The molecule has 2 atom stereocenters. The summed E-state index contributed by atoms with van der Waals surface area (Å²) in [5.74, 6) is -0.276. The Morgan fingerprint density at radius 2 is 1.70 bits per heavy atom. The number of carbonyl (C=O) groups excluding carboxylic acids is 2. The molecule has 2 aliphatic rings. The van der Waals surface area contributed by atoms with E-state index in [2.05, 4.69) is 56.9 Å². The van der Waals surface area contributed by atoms with E-state index in [1.807, 2.05) is 25.7 Å². The van der Waals surface area contributed by atoms with Crippen molar-refractivity contribution in [3.63, 3.8) is 0 Å². The standard InChI is InChI=1S/C25H38N2O3/c1-8-13-25(7)22(29)30-20(24(25,5)6)21(28)27-16-14-26(15-17-27)19-12-10-9-11-18(19)23(2,3)4/h9-12,20H,8,13-17H2,1-7H3/t20-,25+/m1/s1. The number of esters is 1. The van der Waals surface area contributed by atoms with Crippen LogP contribution in [0.2, 0.25) is 0 Å². The summed E-state index contributed by atoms with van der Waals surface area (Å²) in [6.45, 7) is 17.6. The van der Waals surface area contributed by atoms with E-state index < -0.39 is 16.9 Å². The van der Waals surface area contributed by atoms with Crippen molar-refractivity contribution in [3.8, 4) is 0 Å². The predicted molar refractivity (Wildman–Crippen MR) is 121 cm³/mol. The Labute approximate surface area is 181 Å². The second-order valence-corrected chi connectivity index (χ2v) is 10.7. The first kappa shape index (κ1) is 22.6. The SMILES string of the molecule is CCC[C@@]1(C)C(=O)O[C@H](C(=O)N2CCN(c3ccccc3C(C)(C)C)CC2)C1(C)C. The van der Waals surface area contributed by atoms with Gasteiger partial charge >= 0.3 is 5.97 Å². The zero-order valence-corrected chi connectivity index (χ0v) is 19.7. The largest absolute Gasteiger partial charge is 0.451 e. The number of rotatable bonds is 4. The van der Waals surface area contributed by atoms with Gasteiger partial charge in [0.1, 0.15) is 0 Å². The molecule has 30 heavy (non-hydrogen) atoms. The molecule has 5 nitrogen and oxygen atoms in total. The van der Waals surface area contributed by atoms with Crippen LogP contribution < -0.4 is 4.90 Å². The number of para-hydroxylation sites is 1. The van der Waals surface area contributed by atoms with E-state index >= 15 is 0 Å². The molecule has 166 valence electrons. The van der Waals surface area contributed by atoms with Gasteiger partial charge in [0, 0.05) is 37.3 Å². The van der Waals surface area contributed by atoms with E-state index in [0.717, 1.165) is 25.9 Å². The molecule has 0 unspecified atom stereocenters. The van der Waals surface area contributed by atoms with Gasteiger partial charge in [0.25, 0.3) is 5.91 Å². The van der Waals surface area contributed by atoms with Gasteiger partial charge in [0.2, 0.25) is 0 Å².